The van der Waals surface area contributed by atoms with Gasteiger partial charge in [-0.05, 0) is 38.1 Å². The maximum absolute atomic E-state index is 12.6. The van der Waals surface area contributed by atoms with Crippen molar-refractivity contribution in [3.63, 3.8) is 0 Å². The molecule has 2 fully saturated rings. The van der Waals surface area contributed by atoms with E-state index in [0.29, 0.717) is 6.04 Å². The van der Waals surface area contributed by atoms with Gasteiger partial charge in [-0.3, -0.25) is 4.79 Å². The summed E-state index contributed by atoms with van der Waals surface area (Å²) >= 11 is 0. The van der Waals surface area contributed by atoms with Crippen LogP contribution in [0.3, 0.4) is 0 Å². The maximum Gasteiger partial charge on any atom is 0.254 e. The summed E-state index contributed by atoms with van der Waals surface area (Å²) in [4.78, 5) is 16.8. The summed E-state index contributed by atoms with van der Waals surface area (Å²) in [5.74, 6) is 0.142. The standard InChI is InChI=1S/C17H25N3O2/c1-19-7-9-20(10-8-19)17(21)14-3-2-4-16(13-14)18-15-5-11-22-12-6-15/h2-4,13,15,18H,5-12H2,1H3. The highest BCUT2D eigenvalue weighted by Crippen LogP contribution is 2.18. The third-order valence-electron chi connectivity index (χ3n) is 4.49. The zero-order valence-electron chi connectivity index (χ0n) is 13.3. The minimum atomic E-state index is 0.142. The van der Waals surface area contributed by atoms with Crippen molar-refractivity contribution in [2.45, 2.75) is 18.9 Å². The van der Waals surface area contributed by atoms with E-state index in [1.807, 2.05) is 29.2 Å². The lowest BCUT2D eigenvalue weighted by Gasteiger charge is -2.32. The van der Waals surface area contributed by atoms with Gasteiger partial charge >= 0.3 is 0 Å². The first kappa shape index (κ1) is 15.3. The summed E-state index contributed by atoms with van der Waals surface area (Å²) in [7, 11) is 2.10. The Balaban J connectivity index is 1.63. The predicted molar refractivity (Wildman–Crippen MR) is 87.3 cm³/mol. The van der Waals surface area contributed by atoms with Gasteiger partial charge in [0.05, 0.1) is 0 Å². The van der Waals surface area contributed by atoms with Crippen LogP contribution in [0.2, 0.25) is 0 Å². The van der Waals surface area contributed by atoms with Gasteiger partial charge in [-0.2, -0.15) is 0 Å². The number of piperazine rings is 1. The summed E-state index contributed by atoms with van der Waals surface area (Å²) < 4.78 is 5.38. The molecule has 0 spiro atoms. The molecule has 3 rings (SSSR count). The molecule has 1 aromatic rings. The van der Waals surface area contributed by atoms with Crippen LogP contribution in [-0.2, 0) is 4.74 Å². The number of likely N-dealkylation sites (N-methyl/N-ethyl adjacent to an activating group) is 1. The molecule has 0 aromatic heterocycles. The van der Waals surface area contributed by atoms with Crippen molar-refractivity contribution in [2.24, 2.45) is 0 Å². The minimum absolute atomic E-state index is 0.142. The van der Waals surface area contributed by atoms with Crippen molar-refractivity contribution in [1.82, 2.24) is 9.80 Å². The molecule has 0 aliphatic carbocycles. The molecule has 2 heterocycles. The molecule has 1 amide bonds. The van der Waals surface area contributed by atoms with Gasteiger partial charge in [0.2, 0.25) is 0 Å². The fourth-order valence-corrected chi connectivity index (χ4v) is 3.01. The van der Waals surface area contributed by atoms with Crippen molar-refractivity contribution in [1.29, 1.82) is 0 Å². The highest BCUT2D eigenvalue weighted by atomic mass is 16.5. The van der Waals surface area contributed by atoms with E-state index in [4.69, 9.17) is 4.74 Å². The van der Waals surface area contributed by atoms with Gasteiger partial charge in [0, 0.05) is 56.7 Å². The van der Waals surface area contributed by atoms with Crippen molar-refractivity contribution in [3.05, 3.63) is 29.8 Å². The summed E-state index contributed by atoms with van der Waals surface area (Å²) in [6.07, 6.45) is 2.05. The number of nitrogens with zero attached hydrogens (tertiary/aromatic N) is 2. The highest BCUT2D eigenvalue weighted by Gasteiger charge is 2.21. The third kappa shape index (κ3) is 3.78. The number of ether oxygens (including phenoxy) is 1. The van der Waals surface area contributed by atoms with Crippen LogP contribution in [0.5, 0.6) is 0 Å². The molecule has 5 heteroatoms. The number of carbonyl (C=O) groups is 1. The van der Waals surface area contributed by atoms with Gasteiger partial charge in [0.1, 0.15) is 0 Å². The average Bonchev–Trinajstić information content (AvgIpc) is 2.56. The monoisotopic (exact) mass is 303 g/mol. The molecule has 1 N–H and O–H groups in total. The second-order valence-corrected chi connectivity index (χ2v) is 6.21. The van der Waals surface area contributed by atoms with Gasteiger partial charge in [-0.15, -0.1) is 0 Å². The zero-order chi connectivity index (χ0) is 15.4. The first-order valence-electron chi connectivity index (χ1n) is 8.14. The van der Waals surface area contributed by atoms with E-state index in [2.05, 4.69) is 17.3 Å². The molecule has 1 aromatic carbocycles. The fourth-order valence-electron chi connectivity index (χ4n) is 3.01. The van der Waals surface area contributed by atoms with E-state index in [0.717, 1.165) is 63.5 Å². The predicted octanol–water partition coefficient (Wildman–Crippen LogP) is 1.67. The number of nitrogens with one attached hydrogen (secondary N) is 1. The Labute approximate surface area is 132 Å². The number of carbonyl (C=O) groups excluding carboxylic acids is 1. The molecule has 2 aliphatic heterocycles. The molecule has 0 atom stereocenters. The topological polar surface area (TPSA) is 44.8 Å². The van der Waals surface area contributed by atoms with E-state index in [9.17, 15) is 4.79 Å². The molecule has 0 saturated carbocycles. The summed E-state index contributed by atoms with van der Waals surface area (Å²) in [6, 6.07) is 8.34. The van der Waals surface area contributed by atoms with Gasteiger partial charge < -0.3 is 19.9 Å². The number of rotatable bonds is 3. The minimum Gasteiger partial charge on any atom is -0.382 e. The first-order valence-corrected chi connectivity index (χ1v) is 8.14. The van der Waals surface area contributed by atoms with Crippen LogP contribution in [0.1, 0.15) is 23.2 Å². The van der Waals surface area contributed by atoms with Crippen LogP contribution in [0.4, 0.5) is 5.69 Å². The highest BCUT2D eigenvalue weighted by molar-refractivity contribution is 5.95. The summed E-state index contributed by atoms with van der Waals surface area (Å²) in [6.45, 7) is 5.16. The Kier molecular flexibility index (Phi) is 4.95. The van der Waals surface area contributed by atoms with Crippen LogP contribution >= 0.6 is 0 Å². The second kappa shape index (κ2) is 7.11. The molecule has 120 valence electrons. The fraction of sp³-hybridized carbons (Fsp3) is 0.588. The maximum atomic E-state index is 12.6. The summed E-state index contributed by atoms with van der Waals surface area (Å²) in [5, 5.41) is 3.53. The van der Waals surface area contributed by atoms with Gasteiger partial charge in [-0.1, -0.05) is 6.07 Å². The number of hydrogen-bond donors (Lipinski definition) is 1. The van der Waals surface area contributed by atoms with Crippen molar-refractivity contribution >= 4 is 11.6 Å². The largest absolute Gasteiger partial charge is 0.382 e. The Morgan fingerprint density at radius 2 is 1.91 bits per heavy atom. The molecular weight excluding hydrogens is 278 g/mol. The molecular formula is C17H25N3O2. The van der Waals surface area contributed by atoms with Crippen LogP contribution < -0.4 is 5.32 Å². The lowest BCUT2D eigenvalue weighted by atomic mass is 10.1. The van der Waals surface area contributed by atoms with Crippen molar-refractivity contribution in [2.75, 3.05) is 51.8 Å². The Morgan fingerprint density at radius 1 is 1.18 bits per heavy atom. The SMILES string of the molecule is CN1CCN(C(=O)c2cccc(NC3CCOCC3)c2)CC1. The van der Waals surface area contributed by atoms with Gasteiger partial charge in [0.25, 0.3) is 5.91 Å². The Hall–Kier alpha value is -1.59. The molecule has 5 nitrogen and oxygen atoms in total. The molecule has 2 aliphatic rings. The van der Waals surface area contributed by atoms with Gasteiger partial charge in [0.15, 0.2) is 0 Å². The first-order chi connectivity index (χ1) is 10.7. The summed E-state index contributed by atoms with van der Waals surface area (Å²) in [5.41, 5.74) is 1.81. The van der Waals surface area contributed by atoms with Crippen LogP contribution in [0.25, 0.3) is 0 Å². The van der Waals surface area contributed by atoms with Gasteiger partial charge in [-0.25, -0.2) is 0 Å². The lowest BCUT2D eigenvalue weighted by molar-refractivity contribution is 0.0664. The normalized spacial score (nSPS) is 20.9. The average molecular weight is 303 g/mol. The van der Waals surface area contributed by atoms with Crippen LogP contribution in [0.15, 0.2) is 24.3 Å². The zero-order valence-corrected chi connectivity index (χ0v) is 13.3. The van der Waals surface area contributed by atoms with Crippen molar-refractivity contribution < 1.29 is 9.53 Å². The smallest absolute Gasteiger partial charge is 0.254 e. The van der Waals surface area contributed by atoms with E-state index in [1.54, 1.807) is 0 Å². The van der Waals surface area contributed by atoms with E-state index in [1.165, 1.54) is 0 Å². The third-order valence-corrected chi connectivity index (χ3v) is 4.49. The van der Waals surface area contributed by atoms with Crippen LogP contribution in [-0.4, -0.2) is 68.2 Å². The Morgan fingerprint density at radius 3 is 2.64 bits per heavy atom. The number of anilines is 1. The number of hydrogen-bond acceptors (Lipinski definition) is 4. The van der Waals surface area contributed by atoms with E-state index >= 15 is 0 Å². The molecule has 0 bridgehead atoms. The Bertz CT molecular complexity index is 506. The van der Waals surface area contributed by atoms with E-state index < -0.39 is 0 Å². The van der Waals surface area contributed by atoms with Crippen LogP contribution in [0, 0.1) is 0 Å². The second-order valence-electron chi connectivity index (χ2n) is 6.21. The molecule has 0 radical (unpaired) electrons. The van der Waals surface area contributed by atoms with E-state index in [-0.39, 0.29) is 5.91 Å². The quantitative estimate of drug-likeness (QED) is 0.922. The number of benzene rings is 1. The van der Waals surface area contributed by atoms with Crippen molar-refractivity contribution in [3.8, 4) is 0 Å². The molecule has 22 heavy (non-hydrogen) atoms. The molecule has 2 saturated heterocycles. The lowest BCUT2D eigenvalue weighted by Crippen LogP contribution is -2.47. The number of amides is 1. The molecule has 0 unspecified atom stereocenters.